The van der Waals surface area contributed by atoms with Gasteiger partial charge in [0.15, 0.2) is 0 Å². The molecular formula is C16H20N2O2S. The fraction of sp³-hybridized carbons (Fsp3) is 0.375. The molecule has 1 N–H and O–H groups in total. The third-order valence-corrected chi connectivity index (χ3v) is 4.03. The molecule has 0 aliphatic carbocycles. The van der Waals surface area contributed by atoms with Crippen molar-refractivity contribution >= 4 is 17.2 Å². The number of hydrogen-bond donors (Lipinski definition) is 1. The SMILES string of the molecule is CCCc1nc(C(=O)NCCc2ccccc2OC)cs1. The summed E-state index contributed by atoms with van der Waals surface area (Å²) in [6, 6.07) is 7.84. The van der Waals surface area contributed by atoms with E-state index >= 15 is 0 Å². The molecule has 4 nitrogen and oxygen atoms in total. The normalized spacial score (nSPS) is 10.4. The second kappa shape index (κ2) is 7.78. The number of para-hydroxylation sites is 1. The van der Waals surface area contributed by atoms with E-state index in [0.29, 0.717) is 12.2 Å². The van der Waals surface area contributed by atoms with Crippen LogP contribution >= 0.6 is 11.3 Å². The summed E-state index contributed by atoms with van der Waals surface area (Å²) in [6.45, 7) is 2.67. The van der Waals surface area contributed by atoms with E-state index < -0.39 is 0 Å². The van der Waals surface area contributed by atoms with E-state index in [9.17, 15) is 4.79 Å². The van der Waals surface area contributed by atoms with Gasteiger partial charge in [-0.15, -0.1) is 11.3 Å². The molecule has 112 valence electrons. The lowest BCUT2D eigenvalue weighted by Gasteiger charge is -2.08. The monoisotopic (exact) mass is 304 g/mol. The van der Waals surface area contributed by atoms with Crippen molar-refractivity contribution in [2.45, 2.75) is 26.2 Å². The maximum Gasteiger partial charge on any atom is 0.270 e. The van der Waals surface area contributed by atoms with Gasteiger partial charge in [-0.05, 0) is 30.9 Å². The van der Waals surface area contributed by atoms with Crippen LogP contribution in [-0.4, -0.2) is 24.5 Å². The Kier molecular flexibility index (Phi) is 5.75. The maximum atomic E-state index is 12.0. The minimum absolute atomic E-state index is 0.108. The third-order valence-electron chi connectivity index (χ3n) is 3.12. The highest BCUT2D eigenvalue weighted by Crippen LogP contribution is 2.17. The number of benzene rings is 1. The van der Waals surface area contributed by atoms with Gasteiger partial charge in [0.25, 0.3) is 5.91 Å². The summed E-state index contributed by atoms with van der Waals surface area (Å²) < 4.78 is 5.29. The molecule has 21 heavy (non-hydrogen) atoms. The Labute approximate surface area is 129 Å². The van der Waals surface area contributed by atoms with Crippen LogP contribution in [0.1, 0.15) is 34.4 Å². The van der Waals surface area contributed by atoms with E-state index in [1.54, 1.807) is 18.4 Å². The Bertz CT molecular complexity index is 595. The third kappa shape index (κ3) is 4.29. The van der Waals surface area contributed by atoms with Crippen molar-refractivity contribution < 1.29 is 9.53 Å². The molecule has 0 aliphatic rings. The molecule has 0 radical (unpaired) electrons. The predicted octanol–water partition coefficient (Wildman–Crippen LogP) is 3.08. The number of aryl methyl sites for hydroxylation is 1. The van der Waals surface area contributed by atoms with Crippen LogP contribution in [0.15, 0.2) is 29.6 Å². The van der Waals surface area contributed by atoms with Crippen LogP contribution in [0, 0.1) is 0 Å². The van der Waals surface area contributed by atoms with Crippen LogP contribution in [0.3, 0.4) is 0 Å². The van der Waals surface area contributed by atoms with Gasteiger partial charge in [-0.25, -0.2) is 4.98 Å². The molecule has 2 aromatic rings. The highest BCUT2D eigenvalue weighted by molar-refractivity contribution is 7.09. The molecule has 0 aliphatic heterocycles. The van der Waals surface area contributed by atoms with Gasteiger partial charge in [0, 0.05) is 11.9 Å². The molecule has 1 heterocycles. The zero-order chi connectivity index (χ0) is 15.1. The minimum atomic E-state index is -0.108. The van der Waals surface area contributed by atoms with Crippen molar-refractivity contribution in [3.63, 3.8) is 0 Å². The van der Waals surface area contributed by atoms with Crippen LogP contribution in [0.2, 0.25) is 0 Å². The molecule has 0 spiro atoms. The maximum absolute atomic E-state index is 12.0. The molecule has 0 bridgehead atoms. The van der Waals surface area contributed by atoms with Gasteiger partial charge in [0.2, 0.25) is 0 Å². The van der Waals surface area contributed by atoms with Gasteiger partial charge in [-0.1, -0.05) is 25.1 Å². The molecule has 0 saturated heterocycles. The Morgan fingerprint density at radius 2 is 2.14 bits per heavy atom. The van der Waals surface area contributed by atoms with Crippen LogP contribution in [0.25, 0.3) is 0 Å². The topological polar surface area (TPSA) is 51.2 Å². The Balaban J connectivity index is 1.86. The summed E-state index contributed by atoms with van der Waals surface area (Å²) in [4.78, 5) is 16.3. The van der Waals surface area contributed by atoms with Gasteiger partial charge in [-0.3, -0.25) is 4.79 Å². The fourth-order valence-electron chi connectivity index (χ4n) is 2.05. The molecule has 5 heteroatoms. The first kappa shape index (κ1) is 15.5. The number of ether oxygens (including phenoxy) is 1. The van der Waals surface area contributed by atoms with Crippen LogP contribution in [0.5, 0.6) is 5.75 Å². The highest BCUT2D eigenvalue weighted by atomic mass is 32.1. The molecule has 1 aromatic carbocycles. The zero-order valence-corrected chi connectivity index (χ0v) is 13.2. The average Bonchev–Trinajstić information content (AvgIpc) is 2.97. The van der Waals surface area contributed by atoms with Crippen molar-refractivity contribution in [3.05, 3.63) is 45.9 Å². The zero-order valence-electron chi connectivity index (χ0n) is 12.4. The van der Waals surface area contributed by atoms with E-state index in [0.717, 1.165) is 35.6 Å². The number of methoxy groups -OCH3 is 1. The lowest BCUT2D eigenvalue weighted by molar-refractivity contribution is 0.0949. The number of aromatic nitrogens is 1. The molecule has 2 rings (SSSR count). The number of nitrogens with zero attached hydrogens (tertiary/aromatic N) is 1. The fourth-order valence-corrected chi connectivity index (χ4v) is 2.94. The first-order valence-corrected chi connectivity index (χ1v) is 7.97. The van der Waals surface area contributed by atoms with E-state index in [-0.39, 0.29) is 5.91 Å². The first-order valence-electron chi connectivity index (χ1n) is 7.09. The summed E-state index contributed by atoms with van der Waals surface area (Å²) >= 11 is 1.55. The van der Waals surface area contributed by atoms with E-state index in [2.05, 4.69) is 17.2 Å². The van der Waals surface area contributed by atoms with Crippen molar-refractivity contribution in [1.82, 2.24) is 10.3 Å². The van der Waals surface area contributed by atoms with Crippen molar-refractivity contribution in [2.24, 2.45) is 0 Å². The van der Waals surface area contributed by atoms with Crippen molar-refractivity contribution in [3.8, 4) is 5.75 Å². The van der Waals surface area contributed by atoms with E-state index in [1.807, 2.05) is 29.6 Å². The van der Waals surface area contributed by atoms with E-state index in [4.69, 9.17) is 4.74 Å². The first-order chi connectivity index (χ1) is 10.2. The molecule has 1 aromatic heterocycles. The van der Waals surface area contributed by atoms with Crippen molar-refractivity contribution in [2.75, 3.05) is 13.7 Å². The van der Waals surface area contributed by atoms with Gasteiger partial charge < -0.3 is 10.1 Å². The quantitative estimate of drug-likeness (QED) is 0.855. The van der Waals surface area contributed by atoms with Gasteiger partial charge in [0.05, 0.1) is 12.1 Å². The number of amides is 1. The Morgan fingerprint density at radius 1 is 1.33 bits per heavy atom. The van der Waals surface area contributed by atoms with Crippen LogP contribution in [0.4, 0.5) is 0 Å². The second-order valence-corrected chi connectivity index (χ2v) is 5.64. The second-order valence-electron chi connectivity index (χ2n) is 4.69. The summed E-state index contributed by atoms with van der Waals surface area (Å²) in [5.41, 5.74) is 1.61. The van der Waals surface area contributed by atoms with Gasteiger partial charge >= 0.3 is 0 Å². The molecule has 1 amide bonds. The van der Waals surface area contributed by atoms with Gasteiger partial charge in [-0.2, -0.15) is 0 Å². The average molecular weight is 304 g/mol. The lowest BCUT2D eigenvalue weighted by atomic mass is 10.1. The van der Waals surface area contributed by atoms with Gasteiger partial charge in [0.1, 0.15) is 11.4 Å². The van der Waals surface area contributed by atoms with Crippen LogP contribution < -0.4 is 10.1 Å². The lowest BCUT2D eigenvalue weighted by Crippen LogP contribution is -2.26. The summed E-state index contributed by atoms with van der Waals surface area (Å²) in [5, 5.41) is 5.75. The summed E-state index contributed by atoms with van der Waals surface area (Å²) in [7, 11) is 1.65. The Morgan fingerprint density at radius 3 is 2.90 bits per heavy atom. The number of carbonyl (C=O) groups is 1. The minimum Gasteiger partial charge on any atom is -0.496 e. The largest absolute Gasteiger partial charge is 0.496 e. The molecule has 0 fully saturated rings. The molecule has 0 saturated carbocycles. The number of thiazole rings is 1. The standard InChI is InChI=1S/C16H20N2O2S/c1-3-6-15-18-13(11-21-15)16(19)17-10-9-12-7-4-5-8-14(12)20-2/h4-5,7-8,11H,3,6,9-10H2,1-2H3,(H,17,19). The molecule has 0 atom stereocenters. The number of hydrogen-bond acceptors (Lipinski definition) is 4. The summed E-state index contributed by atoms with van der Waals surface area (Å²) in [6.07, 6.45) is 2.71. The smallest absolute Gasteiger partial charge is 0.270 e. The number of carbonyl (C=O) groups excluding carboxylic acids is 1. The van der Waals surface area contributed by atoms with E-state index in [1.165, 1.54) is 0 Å². The molecular weight excluding hydrogens is 284 g/mol. The molecule has 0 unspecified atom stereocenters. The van der Waals surface area contributed by atoms with Crippen molar-refractivity contribution in [1.29, 1.82) is 0 Å². The highest BCUT2D eigenvalue weighted by Gasteiger charge is 2.10. The number of rotatable bonds is 7. The Hall–Kier alpha value is -1.88. The number of nitrogens with one attached hydrogen (secondary N) is 1. The summed E-state index contributed by atoms with van der Waals surface area (Å²) in [5.74, 6) is 0.745. The van der Waals surface area contributed by atoms with Crippen LogP contribution in [-0.2, 0) is 12.8 Å². The predicted molar refractivity (Wildman–Crippen MR) is 85.1 cm³/mol.